The van der Waals surface area contributed by atoms with E-state index in [1.807, 2.05) is 0 Å². The molecule has 0 aliphatic heterocycles. The van der Waals surface area contributed by atoms with Crippen LogP contribution in [0.5, 0.6) is 0 Å². The number of methoxy groups -OCH3 is 1. The number of nitrogens with zero attached hydrogens (tertiary/aromatic N) is 2. The van der Waals surface area contributed by atoms with Crippen LogP contribution in [0.1, 0.15) is 45.1 Å². The second kappa shape index (κ2) is 6.71. The lowest BCUT2D eigenvalue weighted by Crippen LogP contribution is -2.28. The van der Waals surface area contributed by atoms with Crippen LogP contribution in [0.25, 0.3) is 0 Å². The Bertz CT molecular complexity index is 924. The van der Waals surface area contributed by atoms with Gasteiger partial charge in [-0.1, -0.05) is 0 Å². The van der Waals surface area contributed by atoms with E-state index < -0.39 is 28.3 Å². The van der Waals surface area contributed by atoms with Crippen molar-refractivity contribution >= 4 is 17.4 Å². The fourth-order valence-corrected chi connectivity index (χ4v) is 2.64. The molecular formula is C16H17N3O6. The van der Waals surface area contributed by atoms with Gasteiger partial charge in [-0.25, -0.2) is 4.79 Å². The molecule has 9 heteroatoms. The molecule has 9 nitrogen and oxygen atoms in total. The van der Waals surface area contributed by atoms with Crippen molar-refractivity contribution in [2.75, 3.05) is 7.11 Å². The Hall–Kier alpha value is -3.23. The predicted octanol–water partition coefficient (Wildman–Crippen LogP) is 1.93. The summed E-state index contributed by atoms with van der Waals surface area (Å²) in [6, 6.07) is 1.12. The van der Waals surface area contributed by atoms with Gasteiger partial charge < -0.3 is 9.72 Å². The molecule has 25 heavy (non-hydrogen) atoms. The number of H-pyrrole nitrogens is 1. The molecule has 2 aromatic rings. The minimum absolute atomic E-state index is 0.156. The number of aryl methyl sites for hydroxylation is 1. The maximum absolute atomic E-state index is 12.8. The number of esters is 1. The molecule has 132 valence electrons. The molecule has 0 fully saturated rings. The number of nitrogens with one attached hydrogen (secondary N) is 1. The molecule has 1 atom stereocenters. The summed E-state index contributed by atoms with van der Waals surface area (Å²) in [6.07, 6.45) is 1.03. The number of rotatable bonds is 5. The third kappa shape index (κ3) is 3.21. The first-order valence-corrected chi connectivity index (χ1v) is 7.37. The van der Waals surface area contributed by atoms with Crippen LogP contribution in [0, 0.1) is 24.0 Å². The number of pyridine rings is 1. The van der Waals surface area contributed by atoms with Gasteiger partial charge in [0.2, 0.25) is 5.78 Å². The number of hydrogen-bond donors (Lipinski definition) is 1. The maximum Gasteiger partial charge on any atom is 0.339 e. The molecule has 2 heterocycles. The molecule has 0 aromatic carbocycles. The van der Waals surface area contributed by atoms with Gasteiger partial charge in [-0.2, -0.15) is 0 Å². The fraction of sp³-hybridized carbons (Fsp3) is 0.312. The van der Waals surface area contributed by atoms with Crippen molar-refractivity contribution in [1.82, 2.24) is 9.55 Å². The van der Waals surface area contributed by atoms with Crippen molar-refractivity contribution in [1.29, 1.82) is 0 Å². The quantitative estimate of drug-likeness (QED) is 0.381. The summed E-state index contributed by atoms with van der Waals surface area (Å²) in [4.78, 5) is 49.6. The molecule has 2 rings (SSSR count). The maximum atomic E-state index is 12.8. The number of aromatic amines is 1. The smallest absolute Gasteiger partial charge is 0.339 e. The van der Waals surface area contributed by atoms with E-state index in [0.29, 0.717) is 11.3 Å². The van der Waals surface area contributed by atoms with E-state index in [4.69, 9.17) is 4.74 Å². The molecule has 1 N–H and O–H groups in total. The highest BCUT2D eigenvalue weighted by Gasteiger charge is 2.27. The summed E-state index contributed by atoms with van der Waals surface area (Å²) >= 11 is 0. The second-order valence-corrected chi connectivity index (χ2v) is 5.55. The monoisotopic (exact) mass is 347 g/mol. The average Bonchev–Trinajstić information content (AvgIpc) is 2.87. The lowest BCUT2D eigenvalue weighted by Gasteiger charge is -2.13. The van der Waals surface area contributed by atoms with Crippen LogP contribution in [0.4, 0.5) is 5.69 Å². The number of carbonyl (C=O) groups is 2. The van der Waals surface area contributed by atoms with Gasteiger partial charge in [0.15, 0.2) is 0 Å². The fourth-order valence-electron chi connectivity index (χ4n) is 2.64. The van der Waals surface area contributed by atoms with E-state index in [0.717, 1.165) is 22.9 Å². The van der Waals surface area contributed by atoms with Gasteiger partial charge in [-0.15, -0.1) is 0 Å². The third-order valence-corrected chi connectivity index (χ3v) is 4.00. The van der Waals surface area contributed by atoms with E-state index in [2.05, 4.69) is 4.98 Å². The van der Waals surface area contributed by atoms with Crippen molar-refractivity contribution in [3.63, 3.8) is 0 Å². The molecule has 0 aliphatic rings. The zero-order chi connectivity index (χ0) is 18.9. The van der Waals surface area contributed by atoms with Gasteiger partial charge in [-0.05, 0) is 26.3 Å². The predicted molar refractivity (Wildman–Crippen MR) is 88.0 cm³/mol. The minimum atomic E-state index is -0.991. The number of nitro groups is 1. The van der Waals surface area contributed by atoms with Crippen LogP contribution in [-0.4, -0.2) is 33.3 Å². The molecule has 0 bridgehead atoms. The van der Waals surface area contributed by atoms with Crippen LogP contribution >= 0.6 is 0 Å². The standard InChI is InChI=1S/C16H17N3O6/c1-8-13(16(22)25-4)9(2)17-14(8)15(21)10(3)18-7-11(19(23)24)5-6-12(18)20/h5-7,10,17H,1-4H3/t10-/m0/s1. The van der Waals surface area contributed by atoms with Gasteiger partial charge >= 0.3 is 5.97 Å². The van der Waals surface area contributed by atoms with Crippen LogP contribution in [-0.2, 0) is 4.74 Å². The molecular weight excluding hydrogens is 330 g/mol. The Morgan fingerprint density at radius 2 is 1.96 bits per heavy atom. The minimum Gasteiger partial charge on any atom is -0.465 e. The second-order valence-electron chi connectivity index (χ2n) is 5.55. The van der Waals surface area contributed by atoms with Gasteiger partial charge in [0.1, 0.15) is 0 Å². The Kier molecular flexibility index (Phi) is 4.87. The molecule has 0 radical (unpaired) electrons. The Morgan fingerprint density at radius 3 is 2.52 bits per heavy atom. The van der Waals surface area contributed by atoms with Crippen LogP contribution in [0.2, 0.25) is 0 Å². The lowest BCUT2D eigenvalue weighted by atomic mass is 10.0. The van der Waals surface area contributed by atoms with Crippen LogP contribution < -0.4 is 5.56 Å². The van der Waals surface area contributed by atoms with Gasteiger partial charge in [-0.3, -0.25) is 24.3 Å². The van der Waals surface area contributed by atoms with Crippen molar-refractivity contribution in [2.45, 2.75) is 26.8 Å². The molecule has 2 aromatic heterocycles. The van der Waals surface area contributed by atoms with E-state index in [9.17, 15) is 24.5 Å². The Labute approximate surface area is 142 Å². The largest absolute Gasteiger partial charge is 0.465 e. The normalized spacial score (nSPS) is 11.8. The molecule has 0 amide bonds. The van der Waals surface area contributed by atoms with E-state index in [-0.39, 0.29) is 16.9 Å². The summed E-state index contributed by atoms with van der Waals surface area (Å²) in [5.74, 6) is -1.05. The molecule has 0 saturated heterocycles. The molecule has 0 saturated carbocycles. The van der Waals surface area contributed by atoms with Gasteiger partial charge in [0, 0.05) is 17.8 Å². The molecule has 0 spiro atoms. The summed E-state index contributed by atoms with van der Waals surface area (Å²) in [5, 5.41) is 10.9. The zero-order valence-electron chi connectivity index (χ0n) is 14.2. The van der Waals surface area contributed by atoms with Crippen molar-refractivity contribution in [3.8, 4) is 0 Å². The van der Waals surface area contributed by atoms with Gasteiger partial charge in [0.25, 0.3) is 11.2 Å². The first-order chi connectivity index (χ1) is 11.7. The van der Waals surface area contributed by atoms with E-state index >= 15 is 0 Å². The summed E-state index contributed by atoms with van der Waals surface area (Å²) < 4.78 is 5.69. The third-order valence-electron chi connectivity index (χ3n) is 4.00. The van der Waals surface area contributed by atoms with Crippen molar-refractivity contribution in [2.24, 2.45) is 0 Å². The van der Waals surface area contributed by atoms with E-state index in [1.165, 1.54) is 14.0 Å². The number of ketones is 1. The average molecular weight is 347 g/mol. The molecule has 0 unspecified atom stereocenters. The number of carbonyl (C=O) groups excluding carboxylic acids is 2. The van der Waals surface area contributed by atoms with Crippen LogP contribution in [0.15, 0.2) is 23.1 Å². The summed E-state index contributed by atoms with van der Waals surface area (Å²) in [5.41, 5.74) is 0.439. The number of ether oxygens (including phenoxy) is 1. The first kappa shape index (κ1) is 18.1. The number of aromatic nitrogens is 2. The topological polar surface area (TPSA) is 124 Å². The SMILES string of the molecule is COC(=O)c1c(C)[nH]c(C(=O)[C@H](C)n2cc([N+](=O)[O-])ccc2=O)c1C. The zero-order valence-corrected chi connectivity index (χ0v) is 14.2. The molecule has 0 aliphatic carbocycles. The lowest BCUT2D eigenvalue weighted by molar-refractivity contribution is -0.385. The Morgan fingerprint density at radius 1 is 1.32 bits per heavy atom. The van der Waals surface area contributed by atoms with Gasteiger partial charge in [0.05, 0.1) is 35.5 Å². The summed E-state index contributed by atoms with van der Waals surface area (Å²) in [7, 11) is 1.24. The van der Waals surface area contributed by atoms with Crippen LogP contribution in [0.3, 0.4) is 0 Å². The highest BCUT2D eigenvalue weighted by Crippen LogP contribution is 2.23. The number of hydrogen-bond acceptors (Lipinski definition) is 6. The van der Waals surface area contributed by atoms with Crippen molar-refractivity contribution < 1.29 is 19.2 Å². The Balaban J connectivity index is 2.49. The van der Waals surface area contributed by atoms with E-state index in [1.54, 1.807) is 13.8 Å². The highest BCUT2D eigenvalue weighted by molar-refractivity contribution is 6.03. The first-order valence-electron chi connectivity index (χ1n) is 7.37. The number of Topliss-reactive ketones (excluding diaryl/α,β-unsaturated/α-hetero) is 1. The van der Waals surface area contributed by atoms with Crippen molar-refractivity contribution in [3.05, 3.63) is 61.3 Å². The highest BCUT2D eigenvalue weighted by atomic mass is 16.6. The summed E-state index contributed by atoms with van der Waals surface area (Å²) in [6.45, 7) is 4.67.